The Kier molecular flexibility index (Phi) is 6.80. The predicted molar refractivity (Wildman–Crippen MR) is 228 cm³/mol. The summed E-state index contributed by atoms with van der Waals surface area (Å²) in [7, 11) is 0. The van der Waals surface area contributed by atoms with Gasteiger partial charge in [-0.05, 0) is 112 Å². The van der Waals surface area contributed by atoms with E-state index in [-0.39, 0.29) is 11.5 Å². The summed E-state index contributed by atoms with van der Waals surface area (Å²) in [6.45, 7) is 0. The smallest absolute Gasteiger partial charge is 0.123 e. The standard InChI is InChI=1S/C53H34O2/c54-51-25-9-19-41-45(51)21-7-23-47(41)53(48-24-8-22-46-42(48)20-10-26-52(46)55)49-31-35(39-17-5-13-33-11-1-3-15-37(33)39)27-29-43(49)44-30-28-36(32-50(44)53)40-18-6-14-34-12-2-4-16-38(34)40/h1-32,54-55H. The van der Waals surface area contributed by atoms with Gasteiger partial charge in [0.1, 0.15) is 11.5 Å². The lowest BCUT2D eigenvalue weighted by molar-refractivity contribution is 0.481. The zero-order chi connectivity index (χ0) is 36.7. The van der Waals surface area contributed by atoms with Crippen molar-refractivity contribution in [1.82, 2.24) is 0 Å². The first-order valence-corrected chi connectivity index (χ1v) is 18.8. The highest BCUT2D eigenvalue weighted by molar-refractivity contribution is 6.04. The molecule has 0 aromatic heterocycles. The van der Waals surface area contributed by atoms with Gasteiger partial charge in [-0.15, -0.1) is 0 Å². The molecule has 55 heavy (non-hydrogen) atoms. The second-order valence-corrected chi connectivity index (χ2v) is 14.7. The third kappa shape index (κ3) is 4.49. The van der Waals surface area contributed by atoms with Gasteiger partial charge in [0.15, 0.2) is 0 Å². The van der Waals surface area contributed by atoms with Gasteiger partial charge in [-0.2, -0.15) is 0 Å². The van der Waals surface area contributed by atoms with Gasteiger partial charge in [-0.3, -0.25) is 0 Å². The van der Waals surface area contributed by atoms with Crippen molar-refractivity contribution in [3.8, 4) is 44.9 Å². The second-order valence-electron chi connectivity index (χ2n) is 14.7. The topological polar surface area (TPSA) is 40.5 Å². The molecule has 10 aromatic carbocycles. The Morgan fingerprint density at radius 1 is 0.273 bits per heavy atom. The van der Waals surface area contributed by atoms with Gasteiger partial charge in [0.25, 0.3) is 0 Å². The molecular weight excluding hydrogens is 669 g/mol. The molecule has 0 heterocycles. The lowest BCUT2D eigenvalue weighted by atomic mass is 9.65. The zero-order valence-corrected chi connectivity index (χ0v) is 29.9. The Hall–Kier alpha value is -7.16. The number of hydrogen-bond acceptors (Lipinski definition) is 2. The van der Waals surface area contributed by atoms with Crippen LogP contribution >= 0.6 is 0 Å². The molecule has 2 nitrogen and oxygen atoms in total. The van der Waals surface area contributed by atoms with Crippen molar-refractivity contribution in [3.63, 3.8) is 0 Å². The summed E-state index contributed by atoms with van der Waals surface area (Å²) in [6.07, 6.45) is 0. The van der Waals surface area contributed by atoms with Gasteiger partial charge in [-0.25, -0.2) is 0 Å². The van der Waals surface area contributed by atoms with Gasteiger partial charge in [0, 0.05) is 10.8 Å². The minimum Gasteiger partial charge on any atom is -0.507 e. The monoisotopic (exact) mass is 702 g/mol. The lowest BCUT2D eigenvalue weighted by Crippen LogP contribution is -2.29. The number of rotatable bonds is 4. The van der Waals surface area contributed by atoms with E-state index in [4.69, 9.17) is 0 Å². The summed E-state index contributed by atoms with van der Waals surface area (Å²) in [4.78, 5) is 0. The fourth-order valence-electron chi connectivity index (χ4n) is 9.58. The van der Waals surface area contributed by atoms with E-state index >= 15 is 0 Å². The molecule has 0 spiro atoms. The van der Waals surface area contributed by atoms with Crippen LogP contribution in [-0.4, -0.2) is 10.2 Å². The Labute approximate surface area is 318 Å². The van der Waals surface area contributed by atoms with Gasteiger partial charge in [0.05, 0.1) is 5.41 Å². The van der Waals surface area contributed by atoms with Crippen molar-refractivity contribution < 1.29 is 10.2 Å². The van der Waals surface area contributed by atoms with Gasteiger partial charge in [0.2, 0.25) is 0 Å². The number of phenolic OH excluding ortho intramolecular Hbond substituents is 2. The minimum absolute atomic E-state index is 0.248. The van der Waals surface area contributed by atoms with E-state index in [1.54, 1.807) is 12.1 Å². The molecule has 2 heteroatoms. The second kappa shape index (κ2) is 11.9. The summed E-state index contributed by atoms with van der Waals surface area (Å²) in [5.41, 5.74) is 10.6. The van der Waals surface area contributed by atoms with Crippen LogP contribution in [0.25, 0.3) is 76.5 Å². The summed E-state index contributed by atoms with van der Waals surface area (Å²) < 4.78 is 0. The molecular formula is C53H34O2. The Balaban J connectivity index is 1.33. The van der Waals surface area contributed by atoms with Crippen LogP contribution in [0.5, 0.6) is 11.5 Å². The number of phenols is 2. The first-order valence-electron chi connectivity index (χ1n) is 18.8. The maximum Gasteiger partial charge on any atom is 0.123 e. The average molecular weight is 703 g/mol. The predicted octanol–water partition coefficient (Wildman–Crippen LogP) is 13.4. The number of fused-ring (bicyclic) bond motifs is 7. The summed E-state index contributed by atoms with van der Waals surface area (Å²) in [5, 5.41) is 31.0. The zero-order valence-electron chi connectivity index (χ0n) is 29.9. The van der Waals surface area contributed by atoms with Gasteiger partial charge in [-0.1, -0.05) is 170 Å². The molecule has 0 saturated carbocycles. The third-order valence-corrected chi connectivity index (χ3v) is 11.9. The van der Waals surface area contributed by atoms with Crippen LogP contribution in [-0.2, 0) is 5.41 Å². The van der Waals surface area contributed by atoms with Crippen LogP contribution in [0.3, 0.4) is 0 Å². The SMILES string of the molecule is Oc1cccc2c(C3(c4cccc5c(O)cccc45)c4cc(-c5cccc6ccccc56)ccc4-c4ccc(-c5cccc6ccccc56)cc43)cccc12. The molecule has 1 aliphatic carbocycles. The van der Waals surface area contributed by atoms with Crippen molar-refractivity contribution in [1.29, 1.82) is 0 Å². The van der Waals surface area contributed by atoms with Gasteiger partial charge < -0.3 is 10.2 Å². The molecule has 11 rings (SSSR count). The molecule has 0 saturated heterocycles. The van der Waals surface area contributed by atoms with E-state index in [1.165, 1.54) is 32.7 Å². The first-order chi connectivity index (χ1) is 27.1. The first kappa shape index (κ1) is 31.4. The largest absolute Gasteiger partial charge is 0.507 e. The minimum atomic E-state index is -0.855. The fraction of sp³-hybridized carbons (Fsp3) is 0.0189. The number of benzene rings is 10. The lowest BCUT2D eigenvalue weighted by Gasteiger charge is -2.36. The average Bonchev–Trinajstić information content (AvgIpc) is 3.52. The van der Waals surface area contributed by atoms with E-state index < -0.39 is 5.41 Å². The van der Waals surface area contributed by atoms with Crippen LogP contribution in [0.2, 0.25) is 0 Å². The van der Waals surface area contributed by atoms with Crippen LogP contribution in [0.15, 0.2) is 194 Å². The maximum atomic E-state index is 11.3. The van der Waals surface area contributed by atoms with Crippen LogP contribution in [0.4, 0.5) is 0 Å². The fourth-order valence-corrected chi connectivity index (χ4v) is 9.58. The molecule has 10 aromatic rings. The quantitative estimate of drug-likeness (QED) is 0.192. The number of aromatic hydroxyl groups is 2. The van der Waals surface area contributed by atoms with E-state index in [0.29, 0.717) is 0 Å². The molecule has 2 N–H and O–H groups in total. The van der Waals surface area contributed by atoms with Crippen molar-refractivity contribution in [2.24, 2.45) is 0 Å². The summed E-state index contributed by atoms with van der Waals surface area (Å²) >= 11 is 0. The van der Waals surface area contributed by atoms with Gasteiger partial charge >= 0.3 is 0 Å². The summed E-state index contributed by atoms with van der Waals surface area (Å²) in [6, 6.07) is 68.5. The Morgan fingerprint density at radius 3 is 1.15 bits per heavy atom. The highest BCUT2D eigenvalue weighted by atomic mass is 16.3. The molecule has 258 valence electrons. The van der Waals surface area contributed by atoms with Crippen molar-refractivity contribution in [2.45, 2.75) is 5.41 Å². The van der Waals surface area contributed by atoms with Crippen molar-refractivity contribution in [2.75, 3.05) is 0 Å². The molecule has 0 amide bonds. The number of hydrogen-bond donors (Lipinski definition) is 2. The molecule has 0 fully saturated rings. The van der Waals surface area contributed by atoms with Crippen LogP contribution < -0.4 is 0 Å². The molecule has 0 atom stereocenters. The third-order valence-electron chi connectivity index (χ3n) is 11.9. The highest BCUT2D eigenvalue weighted by Crippen LogP contribution is 2.60. The molecule has 0 aliphatic heterocycles. The molecule has 0 radical (unpaired) electrons. The summed E-state index contributed by atoms with van der Waals surface area (Å²) in [5.74, 6) is 0.495. The normalized spacial score (nSPS) is 13.0. The van der Waals surface area contributed by atoms with Crippen LogP contribution in [0, 0.1) is 0 Å². The van der Waals surface area contributed by atoms with E-state index in [1.807, 2.05) is 24.3 Å². The molecule has 1 aliphatic rings. The Morgan fingerprint density at radius 2 is 0.655 bits per heavy atom. The van der Waals surface area contributed by atoms with E-state index in [9.17, 15) is 10.2 Å². The maximum absolute atomic E-state index is 11.3. The Bertz CT molecular complexity index is 2960. The van der Waals surface area contributed by atoms with E-state index in [0.717, 1.165) is 66.1 Å². The van der Waals surface area contributed by atoms with E-state index in [2.05, 4.69) is 158 Å². The molecule has 0 bridgehead atoms. The molecule has 0 unspecified atom stereocenters. The van der Waals surface area contributed by atoms with Crippen molar-refractivity contribution >= 4 is 43.1 Å². The van der Waals surface area contributed by atoms with Crippen molar-refractivity contribution in [3.05, 3.63) is 216 Å². The highest BCUT2D eigenvalue weighted by Gasteiger charge is 2.48. The van der Waals surface area contributed by atoms with Crippen LogP contribution in [0.1, 0.15) is 22.3 Å².